The summed E-state index contributed by atoms with van der Waals surface area (Å²) in [7, 11) is 1.75. The highest BCUT2D eigenvalue weighted by molar-refractivity contribution is 4.77. The molecule has 1 aliphatic rings. The van der Waals surface area contributed by atoms with E-state index < -0.39 is 12.5 Å². The molecule has 0 bridgehead atoms. The van der Waals surface area contributed by atoms with Crippen LogP contribution < -0.4 is 0 Å². The van der Waals surface area contributed by atoms with Gasteiger partial charge in [0, 0.05) is 0 Å². The third-order valence-electron chi connectivity index (χ3n) is 1.87. The van der Waals surface area contributed by atoms with Gasteiger partial charge in [-0.2, -0.15) is 0 Å². The molecule has 0 spiro atoms. The van der Waals surface area contributed by atoms with E-state index in [-0.39, 0.29) is 0 Å². The molecule has 1 atom stereocenters. The molecule has 0 aromatic rings. The molecule has 1 unspecified atom stereocenters. The number of rotatable bonds is 1. The maximum Gasteiger partial charge on any atom is 0.253 e. The fraction of sp³-hybridized carbons (Fsp3) is 1.00. The Hall–Kier alpha value is -0.180. The second-order valence-corrected chi connectivity index (χ2v) is 2.52. The van der Waals surface area contributed by atoms with Crippen LogP contribution in [-0.2, 0) is 0 Å². The number of hydrogen-bond donors (Lipinski definition) is 0. The lowest BCUT2D eigenvalue weighted by Crippen LogP contribution is -2.31. The van der Waals surface area contributed by atoms with Crippen molar-refractivity contribution in [3.63, 3.8) is 0 Å². The second kappa shape index (κ2) is 2.60. The van der Waals surface area contributed by atoms with Crippen molar-refractivity contribution in [2.75, 3.05) is 13.6 Å². The molecule has 3 heteroatoms. The summed E-state index contributed by atoms with van der Waals surface area (Å²) in [6.07, 6.45) is -0.572. The Morgan fingerprint density at radius 1 is 1.56 bits per heavy atom. The third-order valence-corrected chi connectivity index (χ3v) is 1.87. The monoisotopic (exact) mass is 135 g/mol. The molecule has 0 amide bonds. The highest BCUT2D eigenvalue weighted by Crippen LogP contribution is 2.20. The Labute approximate surface area is 53.6 Å². The van der Waals surface area contributed by atoms with Crippen LogP contribution >= 0.6 is 0 Å². The van der Waals surface area contributed by atoms with Gasteiger partial charge in [0.25, 0.3) is 6.43 Å². The van der Waals surface area contributed by atoms with Crippen molar-refractivity contribution in [1.82, 2.24) is 4.90 Å². The minimum atomic E-state index is -2.16. The molecule has 0 N–H and O–H groups in total. The van der Waals surface area contributed by atoms with Crippen molar-refractivity contribution in [3.8, 4) is 0 Å². The van der Waals surface area contributed by atoms with E-state index >= 15 is 0 Å². The van der Waals surface area contributed by atoms with Gasteiger partial charge in [-0.05, 0) is 26.4 Å². The first-order valence-corrected chi connectivity index (χ1v) is 3.20. The van der Waals surface area contributed by atoms with E-state index in [1.165, 1.54) is 0 Å². The van der Waals surface area contributed by atoms with Crippen molar-refractivity contribution in [3.05, 3.63) is 0 Å². The van der Waals surface area contributed by atoms with Gasteiger partial charge >= 0.3 is 0 Å². The van der Waals surface area contributed by atoms with Crippen LogP contribution in [0.5, 0.6) is 0 Å². The Bertz CT molecular complexity index is 95.1. The molecule has 0 aliphatic carbocycles. The maximum absolute atomic E-state index is 11.9. The summed E-state index contributed by atoms with van der Waals surface area (Å²) in [4.78, 5) is 1.73. The third kappa shape index (κ3) is 1.39. The standard InChI is InChI=1S/C6H11F2N/c1-9-4-2-3-5(9)6(7)8/h5-6H,2-4H2,1H3. The molecule has 1 heterocycles. The summed E-state index contributed by atoms with van der Waals surface area (Å²) in [5, 5.41) is 0. The number of likely N-dealkylation sites (tertiary alicyclic amines) is 1. The van der Waals surface area contributed by atoms with Crippen LogP contribution in [0.3, 0.4) is 0 Å². The van der Waals surface area contributed by atoms with Crippen LogP contribution in [0.1, 0.15) is 12.8 Å². The molecule has 54 valence electrons. The predicted molar refractivity (Wildman–Crippen MR) is 31.7 cm³/mol. The smallest absolute Gasteiger partial charge is 0.253 e. The SMILES string of the molecule is CN1CCCC1C(F)F. The molecular weight excluding hydrogens is 124 g/mol. The fourth-order valence-corrected chi connectivity index (χ4v) is 1.25. The van der Waals surface area contributed by atoms with Crippen LogP contribution in [0, 0.1) is 0 Å². The van der Waals surface area contributed by atoms with Gasteiger partial charge < -0.3 is 0 Å². The lowest BCUT2D eigenvalue weighted by atomic mass is 10.2. The van der Waals surface area contributed by atoms with Crippen molar-refractivity contribution >= 4 is 0 Å². The molecule has 1 saturated heterocycles. The molecule has 1 fully saturated rings. The predicted octanol–water partition coefficient (Wildman–Crippen LogP) is 1.35. The van der Waals surface area contributed by atoms with Crippen LogP contribution in [0.25, 0.3) is 0 Å². The van der Waals surface area contributed by atoms with Crippen molar-refractivity contribution < 1.29 is 8.78 Å². The quantitative estimate of drug-likeness (QED) is 0.524. The van der Waals surface area contributed by atoms with Crippen LogP contribution in [0.2, 0.25) is 0 Å². The molecule has 1 aliphatic heterocycles. The van der Waals surface area contributed by atoms with E-state index in [1.54, 1.807) is 11.9 Å². The van der Waals surface area contributed by atoms with Crippen LogP contribution in [0.4, 0.5) is 8.78 Å². The van der Waals surface area contributed by atoms with E-state index in [2.05, 4.69) is 0 Å². The molecule has 1 nitrogen and oxygen atoms in total. The molecule has 0 saturated carbocycles. The van der Waals surface area contributed by atoms with Gasteiger partial charge in [-0.3, -0.25) is 4.90 Å². The van der Waals surface area contributed by atoms with E-state index in [0.29, 0.717) is 6.42 Å². The Balaban J connectivity index is 2.40. The Morgan fingerprint density at radius 2 is 2.22 bits per heavy atom. The van der Waals surface area contributed by atoms with Gasteiger partial charge in [-0.15, -0.1) is 0 Å². The van der Waals surface area contributed by atoms with Gasteiger partial charge in [-0.1, -0.05) is 0 Å². The van der Waals surface area contributed by atoms with Gasteiger partial charge in [0.2, 0.25) is 0 Å². The first-order valence-electron chi connectivity index (χ1n) is 3.20. The minimum absolute atomic E-state index is 0.468. The summed E-state index contributed by atoms with van der Waals surface area (Å²) in [5.41, 5.74) is 0. The summed E-state index contributed by atoms with van der Waals surface area (Å²) in [6.45, 7) is 0.828. The lowest BCUT2D eigenvalue weighted by molar-refractivity contribution is 0.0589. The maximum atomic E-state index is 11.9. The zero-order chi connectivity index (χ0) is 6.85. The highest BCUT2D eigenvalue weighted by Gasteiger charge is 2.28. The summed E-state index contributed by atoms with van der Waals surface area (Å²) < 4.78 is 23.9. The number of halogens is 2. The van der Waals surface area contributed by atoms with Crippen molar-refractivity contribution in [1.29, 1.82) is 0 Å². The van der Waals surface area contributed by atoms with E-state index in [0.717, 1.165) is 13.0 Å². The molecule has 0 aromatic carbocycles. The number of nitrogens with zero attached hydrogens (tertiary/aromatic N) is 1. The topological polar surface area (TPSA) is 3.24 Å². The second-order valence-electron chi connectivity index (χ2n) is 2.52. The number of alkyl halides is 2. The van der Waals surface area contributed by atoms with Crippen molar-refractivity contribution in [2.24, 2.45) is 0 Å². The largest absolute Gasteiger partial charge is 0.298 e. The van der Waals surface area contributed by atoms with Gasteiger partial charge in [0.1, 0.15) is 0 Å². The highest BCUT2D eigenvalue weighted by atomic mass is 19.3. The first kappa shape index (κ1) is 6.93. The average Bonchev–Trinajstić information content (AvgIpc) is 2.13. The Kier molecular flexibility index (Phi) is 2.01. The van der Waals surface area contributed by atoms with Gasteiger partial charge in [0.05, 0.1) is 6.04 Å². The minimum Gasteiger partial charge on any atom is -0.298 e. The summed E-state index contributed by atoms with van der Waals surface area (Å²) >= 11 is 0. The average molecular weight is 135 g/mol. The zero-order valence-corrected chi connectivity index (χ0v) is 5.48. The van der Waals surface area contributed by atoms with Crippen molar-refractivity contribution in [2.45, 2.75) is 25.3 Å². The fourth-order valence-electron chi connectivity index (χ4n) is 1.25. The summed E-state index contributed by atoms with van der Waals surface area (Å²) in [5.74, 6) is 0. The van der Waals surface area contributed by atoms with Crippen LogP contribution in [-0.4, -0.2) is 31.0 Å². The molecule has 0 aromatic heterocycles. The van der Waals surface area contributed by atoms with E-state index in [9.17, 15) is 8.78 Å². The molecule has 1 rings (SSSR count). The molecule has 0 radical (unpaired) electrons. The van der Waals surface area contributed by atoms with Gasteiger partial charge in [-0.25, -0.2) is 8.78 Å². The zero-order valence-electron chi connectivity index (χ0n) is 5.48. The normalized spacial score (nSPS) is 30.0. The summed E-state index contributed by atoms with van der Waals surface area (Å²) in [6, 6.07) is -0.468. The molecular formula is C6H11F2N. The van der Waals surface area contributed by atoms with E-state index in [1.807, 2.05) is 0 Å². The lowest BCUT2D eigenvalue weighted by Gasteiger charge is -2.17. The van der Waals surface area contributed by atoms with E-state index in [4.69, 9.17) is 0 Å². The number of hydrogen-bond acceptors (Lipinski definition) is 1. The first-order chi connectivity index (χ1) is 4.22. The Morgan fingerprint density at radius 3 is 2.44 bits per heavy atom. The van der Waals surface area contributed by atoms with Crippen LogP contribution in [0.15, 0.2) is 0 Å². The van der Waals surface area contributed by atoms with Gasteiger partial charge in [0.15, 0.2) is 0 Å². The molecule has 9 heavy (non-hydrogen) atoms.